The molecule has 0 bridgehead atoms. The van der Waals surface area contributed by atoms with Gasteiger partial charge in [0.25, 0.3) is 5.91 Å². The normalized spacial score (nSPS) is 18.2. The Bertz CT molecular complexity index is 683. The van der Waals surface area contributed by atoms with Crippen molar-refractivity contribution < 1.29 is 19.4 Å². The van der Waals surface area contributed by atoms with Crippen LogP contribution in [0.25, 0.3) is 5.69 Å². The summed E-state index contributed by atoms with van der Waals surface area (Å²) < 4.78 is 6.72. The van der Waals surface area contributed by atoms with Gasteiger partial charge in [0.1, 0.15) is 0 Å². The van der Waals surface area contributed by atoms with Crippen molar-refractivity contribution in [3.63, 3.8) is 0 Å². The second kappa shape index (κ2) is 5.98. The Hall–Kier alpha value is -2.67. The lowest BCUT2D eigenvalue weighted by Gasteiger charge is -2.32. The molecule has 0 aliphatic carbocycles. The molecule has 1 atom stereocenters. The molecule has 0 spiro atoms. The Balaban J connectivity index is 1.83. The van der Waals surface area contributed by atoms with E-state index in [2.05, 4.69) is 5.10 Å². The van der Waals surface area contributed by atoms with Crippen LogP contribution in [0.2, 0.25) is 0 Å². The van der Waals surface area contributed by atoms with E-state index in [0.29, 0.717) is 6.61 Å². The molecule has 0 saturated carbocycles. The zero-order valence-corrected chi connectivity index (χ0v) is 11.8. The van der Waals surface area contributed by atoms with Crippen molar-refractivity contribution in [2.45, 2.75) is 6.04 Å². The van der Waals surface area contributed by atoms with E-state index < -0.39 is 17.9 Å². The van der Waals surface area contributed by atoms with E-state index in [9.17, 15) is 14.7 Å². The number of carboxylic acids is 1. The van der Waals surface area contributed by atoms with Crippen molar-refractivity contribution in [3.8, 4) is 5.69 Å². The van der Waals surface area contributed by atoms with Crippen LogP contribution in [0.5, 0.6) is 0 Å². The first-order chi connectivity index (χ1) is 10.7. The molecule has 22 heavy (non-hydrogen) atoms. The number of aliphatic carboxylic acids is 1. The molecule has 7 nitrogen and oxygen atoms in total. The molecule has 2 heterocycles. The number of carboxylic acid groups (broad SMARTS) is 1. The van der Waals surface area contributed by atoms with Gasteiger partial charge in [0.15, 0.2) is 11.7 Å². The van der Waals surface area contributed by atoms with Gasteiger partial charge in [-0.15, -0.1) is 0 Å². The first-order valence-corrected chi connectivity index (χ1v) is 6.89. The number of nitrogens with zero attached hydrogens (tertiary/aromatic N) is 3. The van der Waals surface area contributed by atoms with Crippen molar-refractivity contribution >= 4 is 11.9 Å². The third-order valence-electron chi connectivity index (χ3n) is 3.50. The summed E-state index contributed by atoms with van der Waals surface area (Å²) in [6.07, 6.45) is 1.68. The summed E-state index contributed by atoms with van der Waals surface area (Å²) in [7, 11) is 0. The van der Waals surface area contributed by atoms with Crippen LogP contribution in [0.15, 0.2) is 42.6 Å². The summed E-state index contributed by atoms with van der Waals surface area (Å²) in [4.78, 5) is 25.0. The smallest absolute Gasteiger partial charge is 0.328 e. The van der Waals surface area contributed by atoms with Gasteiger partial charge in [-0.1, -0.05) is 18.2 Å². The van der Waals surface area contributed by atoms with Crippen molar-refractivity contribution in [1.29, 1.82) is 0 Å². The molecular formula is C15H15N3O4. The Morgan fingerprint density at radius 2 is 2.00 bits per heavy atom. The second-order valence-electron chi connectivity index (χ2n) is 4.91. The Labute approximate surface area is 126 Å². The molecule has 0 radical (unpaired) electrons. The van der Waals surface area contributed by atoms with Gasteiger partial charge >= 0.3 is 5.97 Å². The van der Waals surface area contributed by atoms with Gasteiger partial charge < -0.3 is 14.7 Å². The van der Waals surface area contributed by atoms with Gasteiger partial charge in [0.2, 0.25) is 0 Å². The number of morpholine rings is 1. The van der Waals surface area contributed by atoms with Crippen LogP contribution in [-0.2, 0) is 9.53 Å². The molecule has 1 aliphatic rings. The number of benzene rings is 1. The molecule has 2 aromatic rings. The maximum absolute atomic E-state index is 12.5. The van der Waals surface area contributed by atoms with Crippen molar-refractivity contribution in [3.05, 3.63) is 48.3 Å². The van der Waals surface area contributed by atoms with Gasteiger partial charge in [-0.25, -0.2) is 9.48 Å². The fourth-order valence-corrected chi connectivity index (χ4v) is 2.36. The largest absolute Gasteiger partial charge is 0.480 e. The zero-order chi connectivity index (χ0) is 15.5. The van der Waals surface area contributed by atoms with Gasteiger partial charge in [0.05, 0.1) is 18.9 Å². The summed E-state index contributed by atoms with van der Waals surface area (Å²) in [5, 5.41) is 13.4. The molecule has 1 aromatic heterocycles. The fraction of sp³-hybridized carbons (Fsp3) is 0.267. The number of ether oxygens (including phenoxy) is 1. The van der Waals surface area contributed by atoms with Gasteiger partial charge in [-0.2, -0.15) is 5.10 Å². The third kappa shape index (κ3) is 2.71. The number of rotatable bonds is 3. The minimum atomic E-state index is -1.07. The van der Waals surface area contributed by atoms with Crippen LogP contribution in [0.3, 0.4) is 0 Å². The number of carbonyl (C=O) groups excluding carboxylic acids is 1. The van der Waals surface area contributed by atoms with Gasteiger partial charge in [-0.05, 0) is 18.2 Å². The second-order valence-corrected chi connectivity index (χ2v) is 4.91. The Kier molecular flexibility index (Phi) is 3.88. The number of aromatic nitrogens is 2. The highest BCUT2D eigenvalue weighted by molar-refractivity contribution is 5.95. The van der Waals surface area contributed by atoms with Crippen LogP contribution in [0.4, 0.5) is 0 Å². The fourth-order valence-electron chi connectivity index (χ4n) is 2.36. The average molecular weight is 301 g/mol. The van der Waals surface area contributed by atoms with Crippen LogP contribution in [-0.4, -0.2) is 57.5 Å². The highest BCUT2D eigenvalue weighted by Crippen LogP contribution is 2.13. The summed E-state index contributed by atoms with van der Waals surface area (Å²) in [5.41, 5.74) is 1.05. The quantitative estimate of drug-likeness (QED) is 0.906. The molecule has 1 fully saturated rings. The third-order valence-corrected chi connectivity index (χ3v) is 3.50. The monoisotopic (exact) mass is 301 g/mol. The molecule has 1 amide bonds. The van der Waals surface area contributed by atoms with Gasteiger partial charge in [-0.3, -0.25) is 4.79 Å². The SMILES string of the molecule is O=C(O)[C@@H]1COCCN1C(=O)c1ccn(-c2ccccc2)n1. The predicted octanol–water partition coefficient (Wildman–Crippen LogP) is 0.798. The van der Waals surface area contributed by atoms with Crippen LogP contribution >= 0.6 is 0 Å². The summed E-state index contributed by atoms with van der Waals surface area (Å²) in [5.74, 6) is -1.47. The van der Waals surface area contributed by atoms with E-state index in [-0.39, 0.29) is 18.8 Å². The predicted molar refractivity (Wildman–Crippen MR) is 76.8 cm³/mol. The molecule has 0 unspecified atom stereocenters. The van der Waals surface area contributed by atoms with E-state index >= 15 is 0 Å². The lowest BCUT2D eigenvalue weighted by Crippen LogP contribution is -2.52. The zero-order valence-electron chi connectivity index (χ0n) is 11.8. The van der Waals surface area contributed by atoms with Crippen LogP contribution in [0, 0.1) is 0 Å². The highest BCUT2D eigenvalue weighted by Gasteiger charge is 2.34. The molecule has 7 heteroatoms. The lowest BCUT2D eigenvalue weighted by molar-refractivity contribution is -0.147. The summed E-state index contributed by atoms with van der Waals surface area (Å²) in [6, 6.07) is 10.0. The molecule has 3 rings (SSSR count). The standard InChI is InChI=1S/C15H15N3O4/c19-14(17-8-9-22-10-13(17)15(20)21)12-6-7-18(16-12)11-4-2-1-3-5-11/h1-7,13H,8-10H2,(H,20,21)/t13-/m0/s1. The molecule has 1 aromatic carbocycles. The number of carbonyl (C=O) groups is 2. The highest BCUT2D eigenvalue weighted by atomic mass is 16.5. The first kappa shape index (κ1) is 14.3. The summed E-state index contributed by atoms with van der Waals surface area (Å²) >= 11 is 0. The molecule has 1 aliphatic heterocycles. The first-order valence-electron chi connectivity index (χ1n) is 6.89. The van der Waals surface area contributed by atoms with E-state index in [1.165, 1.54) is 4.90 Å². The molecule has 114 valence electrons. The number of para-hydroxylation sites is 1. The van der Waals surface area contributed by atoms with Crippen molar-refractivity contribution in [2.24, 2.45) is 0 Å². The topological polar surface area (TPSA) is 84.7 Å². The summed E-state index contributed by atoms with van der Waals surface area (Å²) in [6.45, 7) is 0.573. The van der Waals surface area contributed by atoms with Crippen molar-refractivity contribution in [2.75, 3.05) is 19.8 Å². The Morgan fingerprint density at radius 1 is 1.23 bits per heavy atom. The average Bonchev–Trinajstić information content (AvgIpc) is 3.05. The van der Waals surface area contributed by atoms with Crippen LogP contribution in [0.1, 0.15) is 10.5 Å². The van der Waals surface area contributed by atoms with Crippen molar-refractivity contribution in [1.82, 2.24) is 14.7 Å². The number of amides is 1. The number of hydrogen-bond acceptors (Lipinski definition) is 4. The molecule has 1 N–H and O–H groups in total. The molecular weight excluding hydrogens is 286 g/mol. The van der Waals surface area contributed by atoms with E-state index in [4.69, 9.17) is 4.74 Å². The lowest BCUT2D eigenvalue weighted by atomic mass is 10.2. The van der Waals surface area contributed by atoms with Gasteiger partial charge in [0, 0.05) is 12.7 Å². The van der Waals surface area contributed by atoms with E-state index in [1.54, 1.807) is 16.9 Å². The van der Waals surface area contributed by atoms with E-state index in [1.807, 2.05) is 30.3 Å². The Morgan fingerprint density at radius 3 is 2.73 bits per heavy atom. The maximum Gasteiger partial charge on any atom is 0.328 e. The van der Waals surface area contributed by atoms with E-state index in [0.717, 1.165) is 5.69 Å². The number of hydrogen-bond donors (Lipinski definition) is 1. The van der Waals surface area contributed by atoms with Crippen LogP contribution < -0.4 is 0 Å². The maximum atomic E-state index is 12.5. The minimum Gasteiger partial charge on any atom is -0.480 e. The minimum absolute atomic E-state index is 0.000463. The molecule has 1 saturated heterocycles.